The third-order valence-corrected chi connectivity index (χ3v) is 4.23. The number of hydrogen-bond acceptors (Lipinski definition) is 3. The Balaban J connectivity index is 1.86. The van der Waals surface area contributed by atoms with E-state index in [-0.39, 0.29) is 12.1 Å². The van der Waals surface area contributed by atoms with Gasteiger partial charge in [0, 0.05) is 5.56 Å². The van der Waals surface area contributed by atoms with E-state index in [0.29, 0.717) is 5.56 Å². The van der Waals surface area contributed by atoms with Crippen molar-refractivity contribution in [1.82, 2.24) is 10.2 Å². The van der Waals surface area contributed by atoms with Crippen LogP contribution in [0.1, 0.15) is 24.2 Å². The van der Waals surface area contributed by atoms with Crippen LogP contribution in [0.2, 0.25) is 0 Å². The lowest BCUT2D eigenvalue weighted by atomic mass is 9.91. The molecule has 2 aromatic rings. The zero-order chi connectivity index (χ0) is 17.3. The maximum absolute atomic E-state index is 14.1. The van der Waals surface area contributed by atoms with Gasteiger partial charge in [0.15, 0.2) is 0 Å². The molecule has 0 saturated carbocycles. The van der Waals surface area contributed by atoms with E-state index in [1.807, 2.05) is 0 Å². The van der Waals surface area contributed by atoms with E-state index >= 15 is 0 Å². The van der Waals surface area contributed by atoms with Crippen LogP contribution >= 0.6 is 0 Å². The van der Waals surface area contributed by atoms with E-state index in [1.54, 1.807) is 36.4 Å². The second-order valence-corrected chi connectivity index (χ2v) is 5.88. The van der Waals surface area contributed by atoms with Crippen molar-refractivity contribution in [2.24, 2.45) is 0 Å². The Kier molecular flexibility index (Phi) is 4.07. The molecule has 0 aliphatic carbocycles. The molecule has 2 aromatic carbocycles. The van der Waals surface area contributed by atoms with Crippen LogP contribution in [0.4, 0.5) is 9.18 Å². The Morgan fingerprint density at radius 1 is 1.12 bits per heavy atom. The Hall–Kier alpha value is -2.73. The average Bonchev–Trinajstić information content (AvgIpc) is 2.80. The summed E-state index contributed by atoms with van der Waals surface area (Å²) in [4.78, 5) is 25.9. The molecule has 1 fully saturated rings. The van der Waals surface area contributed by atoms with Crippen molar-refractivity contribution in [3.63, 3.8) is 0 Å². The quantitative estimate of drug-likeness (QED) is 0.846. The molecule has 1 saturated heterocycles. The lowest BCUT2D eigenvalue weighted by molar-refractivity contribution is -0.132. The van der Waals surface area contributed by atoms with Gasteiger partial charge in [-0.05, 0) is 18.6 Å². The molecule has 0 aromatic heterocycles. The minimum atomic E-state index is -1.49. The minimum Gasteiger partial charge on any atom is -0.387 e. The highest BCUT2D eigenvalue weighted by molar-refractivity contribution is 6.07. The lowest BCUT2D eigenvalue weighted by Gasteiger charge is -2.23. The number of benzene rings is 2. The highest BCUT2D eigenvalue weighted by atomic mass is 19.1. The normalized spacial score (nSPS) is 21.7. The zero-order valence-electron chi connectivity index (χ0n) is 13.1. The summed E-state index contributed by atoms with van der Waals surface area (Å²) < 4.78 is 14.1. The first-order valence-electron chi connectivity index (χ1n) is 7.55. The molecular formula is C18H17FN2O3. The van der Waals surface area contributed by atoms with Crippen molar-refractivity contribution < 1.29 is 19.1 Å². The van der Waals surface area contributed by atoms with Crippen molar-refractivity contribution in [1.29, 1.82) is 0 Å². The van der Waals surface area contributed by atoms with Gasteiger partial charge >= 0.3 is 6.03 Å². The second-order valence-electron chi connectivity index (χ2n) is 5.88. The highest BCUT2D eigenvalue weighted by Crippen LogP contribution is 2.31. The van der Waals surface area contributed by atoms with E-state index in [1.165, 1.54) is 25.1 Å². The third kappa shape index (κ3) is 2.65. The van der Waals surface area contributed by atoms with Gasteiger partial charge in [0.1, 0.15) is 11.4 Å². The number of aliphatic hydroxyl groups is 1. The van der Waals surface area contributed by atoms with Crippen molar-refractivity contribution in [2.75, 3.05) is 6.54 Å². The molecule has 2 N–H and O–H groups in total. The summed E-state index contributed by atoms with van der Waals surface area (Å²) in [5.41, 5.74) is -0.795. The summed E-state index contributed by atoms with van der Waals surface area (Å²) in [6.45, 7) is 1.26. The molecule has 0 unspecified atom stereocenters. The fourth-order valence-electron chi connectivity index (χ4n) is 2.87. The molecule has 3 amide bonds. The first kappa shape index (κ1) is 16.1. The summed E-state index contributed by atoms with van der Waals surface area (Å²) in [6, 6.07) is 13.9. The summed E-state index contributed by atoms with van der Waals surface area (Å²) in [5, 5.41) is 12.8. The maximum atomic E-state index is 14.1. The van der Waals surface area contributed by atoms with E-state index in [9.17, 15) is 19.1 Å². The summed E-state index contributed by atoms with van der Waals surface area (Å²) in [6.07, 6.45) is -1.01. The first-order chi connectivity index (χ1) is 11.4. The van der Waals surface area contributed by atoms with Gasteiger partial charge in [0.05, 0.1) is 12.6 Å². The molecule has 6 heteroatoms. The largest absolute Gasteiger partial charge is 0.387 e. The van der Waals surface area contributed by atoms with Gasteiger partial charge in [-0.3, -0.25) is 9.69 Å². The molecular weight excluding hydrogens is 311 g/mol. The Morgan fingerprint density at radius 3 is 2.42 bits per heavy atom. The van der Waals surface area contributed by atoms with Crippen molar-refractivity contribution >= 4 is 11.9 Å². The Labute approximate surface area is 138 Å². The molecule has 0 spiro atoms. The summed E-state index contributed by atoms with van der Waals surface area (Å²) in [7, 11) is 0. The van der Waals surface area contributed by atoms with Crippen LogP contribution in [0, 0.1) is 5.82 Å². The van der Waals surface area contributed by atoms with Crippen LogP contribution in [0.15, 0.2) is 54.6 Å². The zero-order valence-corrected chi connectivity index (χ0v) is 13.1. The number of rotatable bonds is 4. The number of carbonyl (C=O) groups is 2. The number of nitrogens with one attached hydrogen (secondary N) is 1. The number of amides is 3. The number of β-amino-alcohol motifs (C(OH)–C–C–N with tert-alkyl or cyclic N) is 1. The van der Waals surface area contributed by atoms with Gasteiger partial charge in [0.2, 0.25) is 0 Å². The Morgan fingerprint density at radius 2 is 1.75 bits per heavy atom. The standard InChI is InChI=1S/C18H17FN2O3/c1-18(13-9-5-6-10-14(13)19)16(23)21(17(24)20-18)11-15(22)12-7-3-2-4-8-12/h2-10,15,22H,11H2,1H3,(H,20,24)/t15-,18+/m0/s1. The van der Waals surface area contributed by atoms with Crippen LogP contribution in [0.25, 0.3) is 0 Å². The number of aliphatic hydroxyl groups excluding tert-OH is 1. The van der Waals surface area contributed by atoms with Crippen LogP contribution < -0.4 is 5.32 Å². The summed E-state index contributed by atoms with van der Waals surface area (Å²) >= 11 is 0. The van der Waals surface area contributed by atoms with Gasteiger partial charge < -0.3 is 10.4 Å². The SMILES string of the molecule is C[C@]1(c2ccccc2F)NC(=O)N(C[C@H](O)c2ccccc2)C1=O. The number of urea groups is 1. The van der Waals surface area contributed by atoms with Crippen molar-refractivity contribution in [3.05, 3.63) is 71.5 Å². The first-order valence-corrected chi connectivity index (χ1v) is 7.55. The van der Waals surface area contributed by atoms with Gasteiger partial charge in [0.25, 0.3) is 5.91 Å². The van der Waals surface area contributed by atoms with Crippen LogP contribution in [-0.2, 0) is 10.3 Å². The van der Waals surface area contributed by atoms with Gasteiger partial charge in [-0.15, -0.1) is 0 Å². The molecule has 5 nitrogen and oxygen atoms in total. The maximum Gasteiger partial charge on any atom is 0.325 e. The van der Waals surface area contributed by atoms with Crippen LogP contribution in [0.3, 0.4) is 0 Å². The van der Waals surface area contributed by atoms with E-state index in [2.05, 4.69) is 5.32 Å². The molecule has 3 rings (SSSR count). The third-order valence-electron chi connectivity index (χ3n) is 4.23. The molecule has 2 atom stereocenters. The van der Waals surface area contributed by atoms with Gasteiger partial charge in [-0.2, -0.15) is 0 Å². The fourth-order valence-corrected chi connectivity index (χ4v) is 2.87. The molecule has 0 radical (unpaired) electrons. The molecule has 1 aliphatic rings. The van der Waals surface area contributed by atoms with Gasteiger partial charge in [-0.25, -0.2) is 9.18 Å². The summed E-state index contributed by atoms with van der Waals surface area (Å²) in [5.74, 6) is -1.16. The average molecular weight is 328 g/mol. The minimum absolute atomic E-state index is 0.0973. The van der Waals surface area contributed by atoms with Gasteiger partial charge in [-0.1, -0.05) is 48.5 Å². The molecule has 0 bridgehead atoms. The number of halogens is 1. The van der Waals surface area contributed by atoms with E-state index in [4.69, 9.17) is 0 Å². The number of hydrogen-bond donors (Lipinski definition) is 2. The predicted molar refractivity (Wildman–Crippen MR) is 85.4 cm³/mol. The number of imide groups is 1. The molecule has 24 heavy (non-hydrogen) atoms. The van der Waals surface area contributed by atoms with Crippen LogP contribution in [-0.4, -0.2) is 28.5 Å². The molecule has 124 valence electrons. The molecule has 1 heterocycles. The van der Waals surface area contributed by atoms with E-state index < -0.39 is 29.4 Å². The Bertz CT molecular complexity index is 781. The predicted octanol–water partition coefficient (Wildman–Crippen LogP) is 2.33. The second kappa shape index (κ2) is 6.05. The number of nitrogens with zero attached hydrogens (tertiary/aromatic N) is 1. The number of carbonyl (C=O) groups excluding carboxylic acids is 2. The smallest absolute Gasteiger partial charge is 0.325 e. The van der Waals surface area contributed by atoms with Crippen molar-refractivity contribution in [3.8, 4) is 0 Å². The monoisotopic (exact) mass is 328 g/mol. The highest BCUT2D eigenvalue weighted by Gasteiger charge is 2.50. The van der Waals surface area contributed by atoms with Crippen molar-refractivity contribution in [2.45, 2.75) is 18.6 Å². The molecule has 1 aliphatic heterocycles. The lowest BCUT2D eigenvalue weighted by Crippen LogP contribution is -2.42. The van der Waals surface area contributed by atoms with E-state index in [0.717, 1.165) is 4.90 Å². The van der Waals surface area contributed by atoms with Crippen LogP contribution in [0.5, 0.6) is 0 Å². The topological polar surface area (TPSA) is 69.6 Å². The fraction of sp³-hybridized carbons (Fsp3) is 0.222.